The summed E-state index contributed by atoms with van der Waals surface area (Å²) < 4.78 is 11.2. The van der Waals surface area contributed by atoms with Crippen molar-refractivity contribution in [1.29, 1.82) is 0 Å². The van der Waals surface area contributed by atoms with Gasteiger partial charge in [-0.15, -0.1) is 0 Å². The van der Waals surface area contributed by atoms with Crippen LogP contribution in [-0.4, -0.2) is 23.3 Å². The van der Waals surface area contributed by atoms with Crippen LogP contribution in [-0.2, 0) is 0 Å². The molecule has 2 amide bonds. The Bertz CT molecular complexity index is 1400. The summed E-state index contributed by atoms with van der Waals surface area (Å²) in [5.74, 6) is 1.53. The number of urea groups is 1. The van der Waals surface area contributed by atoms with Gasteiger partial charge in [0.25, 0.3) is 5.89 Å². The number of rotatable bonds is 5. The Balaban J connectivity index is 1.68. The molecule has 1 unspecified atom stereocenters. The third kappa shape index (κ3) is 4.28. The van der Waals surface area contributed by atoms with Crippen LogP contribution in [0.1, 0.15) is 35.5 Å². The molecule has 0 radical (unpaired) electrons. The van der Waals surface area contributed by atoms with Crippen LogP contribution in [0, 0.1) is 13.8 Å². The number of aromatic nitrogens is 2. The maximum Gasteiger partial charge on any atom is 0.326 e. The van der Waals surface area contributed by atoms with E-state index in [1.807, 2.05) is 87.5 Å². The maximum absolute atomic E-state index is 13.5. The van der Waals surface area contributed by atoms with E-state index in [1.54, 1.807) is 12.0 Å². The van der Waals surface area contributed by atoms with Crippen molar-refractivity contribution in [2.75, 3.05) is 12.0 Å². The summed E-state index contributed by atoms with van der Waals surface area (Å²) in [6.45, 7) is 5.94. The Labute approximate surface area is 204 Å². The van der Waals surface area contributed by atoms with E-state index in [1.165, 1.54) is 0 Å². The number of amides is 2. The van der Waals surface area contributed by atoms with E-state index < -0.39 is 6.04 Å². The number of hydrogen-bond donors (Lipinski definition) is 1. The molecular formula is C28H26N4O3. The molecule has 0 spiro atoms. The van der Waals surface area contributed by atoms with Crippen LogP contribution in [0.4, 0.5) is 10.5 Å². The molecule has 0 saturated heterocycles. The number of carbonyl (C=O) groups is 1. The van der Waals surface area contributed by atoms with E-state index in [0.717, 1.165) is 39.2 Å². The normalized spacial score (nSPS) is 15.8. The van der Waals surface area contributed by atoms with E-state index in [0.29, 0.717) is 17.5 Å². The smallest absolute Gasteiger partial charge is 0.326 e. The fourth-order valence-electron chi connectivity index (χ4n) is 4.52. The van der Waals surface area contributed by atoms with Gasteiger partial charge in [-0.25, -0.2) is 4.79 Å². The van der Waals surface area contributed by atoms with Gasteiger partial charge in [-0.2, -0.15) is 4.98 Å². The van der Waals surface area contributed by atoms with Crippen LogP contribution in [0.3, 0.4) is 0 Å². The molecule has 0 bridgehead atoms. The lowest BCUT2D eigenvalue weighted by Crippen LogP contribution is -2.46. The quantitative estimate of drug-likeness (QED) is 0.386. The second-order valence-corrected chi connectivity index (χ2v) is 8.63. The predicted octanol–water partition coefficient (Wildman–Crippen LogP) is 6.06. The number of methoxy groups -OCH3 is 1. The second-order valence-electron chi connectivity index (χ2n) is 8.63. The number of ether oxygens (including phenoxy) is 1. The van der Waals surface area contributed by atoms with Gasteiger partial charge in [0.1, 0.15) is 5.75 Å². The molecule has 0 aliphatic carbocycles. The summed E-state index contributed by atoms with van der Waals surface area (Å²) in [7, 11) is 1.62. The number of hydrogen-bond acceptors (Lipinski definition) is 5. The Morgan fingerprint density at radius 2 is 1.69 bits per heavy atom. The Morgan fingerprint density at radius 3 is 2.40 bits per heavy atom. The van der Waals surface area contributed by atoms with Gasteiger partial charge in [0.2, 0.25) is 5.82 Å². The molecule has 1 aliphatic heterocycles. The molecule has 1 atom stereocenters. The first-order valence-corrected chi connectivity index (χ1v) is 11.4. The van der Waals surface area contributed by atoms with Crippen molar-refractivity contribution >= 4 is 17.3 Å². The number of aryl methyl sites for hydroxylation is 2. The Morgan fingerprint density at radius 1 is 0.943 bits per heavy atom. The summed E-state index contributed by atoms with van der Waals surface area (Å²) in [6, 6.07) is 22.6. The molecule has 1 aliphatic rings. The van der Waals surface area contributed by atoms with E-state index >= 15 is 0 Å². The lowest BCUT2D eigenvalue weighted by atomic mass is 9.94. The first-order chi connectivity index (χ1) is 16.9. The highest BCUT2D eigenvalue weighted by Gasteiger charge is 2.36. The highest BCUT2D eigenvalue weighted by molar-refractivity contribution is 6.01. The first kappa shape index (κ1) is 22.4. The molecule has 3 aromatic carbocycles. The van der Waals surface area contributed by atoms with E-state index in [-0.39, 0.29) is 6.03 Å². The van der Waals surface area contributed by atoms with Crippen molar-refractivity contribution in [3.63, 3.8) is 0 Å². The van der Waals surface area contributed by atoms with Gasteiger partial charge in [0.05, 0.1) is 24.4 Å². The SMILES string of the molecule is COc1cccc(C2NC(=O)N(c3cc(C)cc(C)c3)C(C)=C2c2nc(-c3ccccc3)no2)c1. The van der Waals surface area contributed by atoms with Crippen LogP contribution in [0.2, 0.25) is 0 Å². The lowest BCUT2D eigenvalue weighted by molar-refractivity contribution is 0.244. The van der Waals surface area contributed by atoms with Crippen LogP contribution < -0.4 is 15.0 Å². The summed E-state index contributed by atoms with van der Waals surface area (Å²) in [5, 5.41) is 7.37. The molecule has 2 heterocycles. The summed E-state index contributed by atoms with van der Waals surface area (Å²) >= 11 is 0. The second kappa shape index (κ2) is 9.10. The highest BCUT2D eigenvalue weighted by atomic mass is 16.5. The highest BCUT2D eigenvalue weighted by Crippen LogP contribution is 2.40. The molecule has 5 rings (SSSR count). The average Bonchev–Trinajstić information content (AvgIpc) is 3.33. The van der Waals surface area contributed by atoms with Gasteiger partial charge in [0.15, 0.2) is 0 Å². The van der Waals surface area contributed by atoms with Crippen LogP contribution in [0.15, 0.2) is 83.0 Å². The Kier molecular flexibility index (Phi) is 5.82. The Hall–Kier alpha value is -4.39. The van der Waals surface area contributed by atoms with Crippen molar-refractivity contribution in [1.82, 2.24) is 15.5 Å². The van der Waals surface area contributed by atoms with E-state index in [2.05, 4.69) is 16.5 Å². The standard InChI is InChI=1S/C28H26N4O3/c1-17-13-18(2)15-22(14-17)32-19(3)24(27-30-26(31-35-27)20-9-6-5-7-10-20)25(29-28(32)33)21-11-8-12-23(16-21)34-4/h5-16,25H,1-4H3,(H,29,33). The molecular weight excluding hydrogens is 440 g/mol. The minimum Gasteiger partial charge on any atom is -0.497 e. The number of benzene rings is 3. The topological polar surface area (TPSA) is 80.5 Å². The maximum atomic E-state index is 13.5. The van der Waals surface area contributed by atoms with Gasteiger partial charge in [-0.1, -0.05) is 53.7 Å². The molecule has 7 heteroatoms. The third-order valence-corrected chi connectivity index (χ3v) is 6.06. The minimum atomic E-state index is -0.496. The number of anilines is 1. The molecule has 1 aromatic heterocycles. The summed E-state index contributed by atoms with van der Waals surface area (Å²) in [5.41, 5.74) is 6.07. The van der Waals surface area contributed by atoms with Gasteiger partial charge >= 0.3 is 6.03 Å². The summed E-state index contributed by atoms with van der Waals surface area (Å²) in [4.78, 5) is 19.8. The lowest BCUT2D eigenvalue weighted by Gasteiger charge is -2.35. The monoisotopic (exact) mass is 466 g/mol. The average molecular weight is 467 g/mol. The molecule has 4 aromatic rings. The van der Waals surface area contributed by atoms with Crippen LogP contribution >= 0.6 is 0 Å². The molecule has 1 N–H and O–H groups in total. The van der Waals surface area contributed by atoms with E-state index in [9.17, 15) is 4.79 Å². The zero-order chi connectivity index (χ0) is 24.5. The van der Waals surface area contributed by atoms with Crippen LogP contribution in [0.5, 0.6) is 5.75 Å². The molecule has 35 heavy (non-hydrogen) atoms. The van der Waals surface area contributed by atoms with Crippen molar-refractivity contribution in [3.05, 3.63) is 101 Å². The third-order valence-electron chi connectivity index (χ3n) is 6.06. The van der Waals surface area contributed by atoms with Gasteiger partial charge in [-0.05, 0) is 61.7 Å². The first-order valence-electron chi connectivity index (χ1n) is 11.4. The van der Waals surface area contributed by atoms with Crippen molar-refractivity contribution in [2.45, 2.75) is 26.8 Å². The molecule has 0 saturated carbocycles. The predicted molar refractivity (Wildman–Crippen MR) is 135 cm³/mol. The number of nitrogens with zero attached hydrogens (tertiary/aromatic N) is 3. The van der Waals surface area contributed by atoms with E-state index in [4.69, 9.17) is 14.2 Å². The number of nitrogens with one attached hydrogen (secondary N) is 1. The zero-order valence-electron chi connectivity index (χ0n) is 20.1. The summed E-state index contributed by atoms with van der Waals surface area (Å²) in [6.07, 6.45) is 0. The van der Waals surface area contributed by atoms with Gasteiger partial charge in [-0.3, -0.25) is 4.90 Å². The van der Waals surface area contributed by atoms with Crippen LogP contribution in [0.25, 0.3) is 17.0 Å². The van der Waals surface area contributed by atoms with Crippen molar-refractivity contribution in [2.24, 2.45) is 0 Å². The molecule has 7 nitrogen and oxygen atoms in total. The number of carbonyl (C=O) groups excluding carboxylic acids is 1. The number of allylic oxidation sites excluding steroid dienone is 1. The largest absolute Gasteiger partial charge is 0.497 e. The van der Waals surface area contributed by atoms with Crippen molar-refractivity contribution in [3.8, 4) is 17.1 Å². The fourth-order valence-corrected chi connectivity index (χ4v) is 4.52. The molecule has 0 fully saturated rings. The minimum absolute atomic E-state index is 0.230. The van der Waals surface area contributed by atoms with Gasteiger partial charge in [0, 0.05) is 11.3 Å². The zero-order valence-corrected chi connectivity index (χ0v) is 20.1. The molecule has 176 valence electrons. The van der Waals surface area contributed by atoms with Crippen molar-refractivity contribution < 1.29 is 14.1 Å². The fraction of sp³-hybridized carbons (Fsp3) is 0.179. The van der Waals surface area contributed by atoms with Gasteiger partial charge < -0.3 is 14.6 Å².